The molecule has 0 unspecified atom stereocenters. The smallest absolute Gasteiger partial charge is 0.218 e. The highest BCUT2D eigenvalue weighted by atomic mass is 16.2. The fraction of sp³-hybridized carbons (Fsp3) is 0.429. The summed E-state index contributed by atoms with van der Waals surface area (Å²) >= 11 is 0. The Kier molecular flexibility index (Phi) is 8.85. The lowest BCUT2D eigenvalue weighted by Crippen LogP contribution is -2.17. The van der Waals surface area contributed by atoms with Crippen molar-refractivity contribution in [1.82, 2.24) is 4.90 Å². The van der Waals surface area contributed by atoms with E-state index in [1.54, 1.807) is 20.2 Å². The van der Waals surface area contributed by atoms with E-state index in [2.05, 4.69) is 6.58 Å². The Balaban J connectivity index is 0. The molecular weight excluding hydrogens is 128 g/mol. The fourth-order valence-corrected chi connectivity index (χ4v) is 0. The van der Waals surface area contributed by atoms with E-state index in [0.717, 1.165) is 0 Å². The third kappa shape index (κ3) is 15.9. The molecule has 0 rings (SSSR count). The molecule has 0 radical (unpaired) electrons. The van der Waals surface area contributed by atoms with Gasteiger partial charge in [0.25, 0.3) is 0 Å². The van der Waals surface area contributed by atoms with Gasteiger partial charge in [-0.25, -0.2) is 0 Å². The Morgan fingerprint density at radius 2 is 1.90 bits per heavy atom. The lowest BCUT2D eigenvalue weighted by molar-refractivity contribution is -0.126. The predicted octanol–water partition coefficient (Wildman–Crippen LogP) is 0.790. The highest BCUT2D eigenvalue weighted by Gasteiger charge is 1.87. The SMILES string of the molecule is C=CC#N.CC(=O)N(C)C. The second-order valence-electron chi connectivity index (χ2n) is 1.75. The van der Waals surface area contributed by atoms with Gasteiger partial charge >= 0.3 is 0 Å². The van der Waals surface area contributed by atoms with E-state index in [9.17, 15) is 4.79 Å². The first-order valence-electron chi connectivity index (χ1n) is 2.74. The van der Waals surface area contributed by atoms with E-state index in [1.807, 2.05) is 0 Å². The van der Waals surface area contributed by atoms with Crippen molar-refractivity contribution in [1.29, 1.82) is 5.26 Å². The van der Waals surface area contributed by atoms with Crippen LogP contribution in [-0.4, -0.2) is 24.9 Å². The molecule has 0 atom stereocenters. The third-order valence-electron chi connectivity index (χ3n) is 0.721. The van der Waals surface area contributed by atoms with Crippen LogP contribution in [0.25, 0.3) is 0 Å². The number of carbonyl (C=O) groups is 1. The summed E-state index contributed by atoms with van der Waals surface area (Å²) in [5.74, 6) is 0.0926. The Morgan fingerprint density at radius 1 is 1.70 bits per heavy atom. The molecular formula is C7H12N2O. The molecule has 0 aromatic heterocycles. The fourth-order valence-electron chi connectivity index (χ4n) is 0. The quantitative estimate of drug-likeness (QED) is 0.467. The number of carbonyl (C=O) groups excluding carboxylic acids is 1. The van der Waals surface area contributed by atoms with Gasteiger partial charge in [0, 0.05) is 27.1 Å². The van der Waals surface area contributed by atoms with Gasteiger partial charge < -0.3 is 4.90 Å². The first-order valence-corrected chi connectivity index (χ1v) is 2.74. The van der Waals surface area contributed by atoms with Crippen LogP contribution in [0.2, 0.25) is 0 Å². The summed E-state index contributed by atoms with van der Waals surface area (Å²) in [6.07, 6.45) is 1.18. The highest BCUT2D eigenvalue weighted by molar-refractivity contribution is 5.72. The zero-order chi connectivity index (χ0) is 8.57. The largest absolute Gasteiger partial charge is 0.349 e. The molecule has 10 heavy (non-hydrogen) atoms. The zero-order valence-electron chi connectivity index (χ0n) is 6.59. The highest BCUT2D eigenvalue weighted by Crippen LogP contribution is 1.69. The minimum Gasteiger partial charge on any atom is -0.349 e. The Labute approximate surface area is 61.6 Å². The Hall–Kier alpha value is -1.30. The van der Waals surface area contributed by atoms with Crippen LogP contribution >= 0.6 is 0 Å². The standard InChI is InChI=1S/C4H9NO.C3H3N/c1-4(6)5(2)3;1-2-3-4/h1-3H3;2H,1H2. The van der Waals surface area contributed by atoms with Crippen molar-refractivity contribution in [3.63, 3.8) is 0 Å². The lowest BCUT2D eigenvalue weighted by Gasteiger charge is -2.02. The van der Waals surface area contributed by atoms with Crippen LogP contribution in [-0.2, 0) is 4.79 Å². The minimum atomic E-state index is 0.0926. The molecule has 0 heterocycles. The van der Waals surface area contributed by atoms with Crippen LogP contribution in [0.5, 0.6) is 0 Å². The predicted molar refractivity (Wildman–Crippen MR) is 40.2 cm³/mol. The van der Waals surface area contributed by atoms with E-state index in [0.29, 0.717) is 0 Å². The molecule has 0 aliphatic heterocycles. The summed E-state index contributed by atoms with van der Waals surface area (Å²) in [5.41, 5.74) is 0. The summed E-state index contributed by atoms with van der Waals surface area (Å²) < 4.78 is 0. The van der Waals surface area contributed by atoms with Gasteiger partial charge in [-0.3, -0.25) is 4.79 Å². The summed E-state index contributed by atoms with van der Waals surface area (Å²) in [6.45, 7) is 4.65. The second kappa shape index (κ2) is 7.70. The van der Waals surface area contributed by atoms with E-state index in [1.165, 1.54) is 17.9 Å². The van der Waals surface area contributed by atoms with Crippen molar-refractivity contribution in [2.24, 2.45) is 0 Å². The van der Waals surface area contributed by atoms with Crippen LogP contribution in [0.4, 0.5) is 0 Å². The van der Waals surface area contributed by atoms with Crippen LogP contribution in [0.1, 0.15) is 6.92 Å². The first-order chi connectivity index (χ1) is 4.56. The van der Waals surface area contributed by atoms with Gasteiger partial charge in [0.2, 0.25) is 5.91 Å². The number of rotatable bonds is 0. The van der Waals surface area contributed by atoms with Gasteiger partial charge in [-0.2, -0.15) is 5.26 Å². The van der Waals surface area contributed by atoms with Crippen molar-refractivity contribution in [2.75, 3.05) is 14.1 Å². The summed E-state index contributed by atoms with van der Waals surface area (Å²) in [7, 11) is 3.45. The molecule has 0 spiro atoms. The van der Waals surface area contributed by atoms with E-state index < -0.39 is 0 Å². The number of amides is 1. The molecule has 0 fully saturated rings. The van der Waals surface area contributed by atoms with Gasteiger partial charge in [0.15, 0.2) is 0 Å². The van der Waals surface area contributed by atoms with Crippen LogP contribution in [0.3, 0.4) is 0 Å². The van der Waals surface area contributed by atoms with Gasteiger partial charge in [-0.1, -0.05) is 6.58 Å². The number of allylic oxidation sites excluding steroid dienone is 1. The van der Waals surface area contributed by atoms with Crippen molar-refractivity contribution in [3.05, 3.63) is 12.7 Å². The van der Waals surface area contributed by atoms with Crippen LogP contribution < -0.4 is 0 Å². The maximum atomic E-state index is 10.1. The molecule has 0 bridgehead atoms. The molecule has 0 aromatic carbocycles. The summed E-state index contributed by atoms with van der Waals surface area (Å²) in [6, 6.07) is 1.69. The molecule has 0 aliphatic carbocycles. The summed E-state index contributed by atoms with van der Waals surface area (Å²) in [5, 5.41) is 7.51. The third-order valence-corrected chi connectivity index (χ3v) is 0.721. The van der Waals surface area contributed by atoms with E-state index in [-0.39, 0.29) is 5.91 Å². The Morgan fingerprint density at radius 3 is 1.90 bits per heavy atom. The lowest BCUT2D eigenvalue weighted by atomic mass is 10.7. The van der Waals surface area contributed by atoms with Crippen molar-refractivity contribution >= 4 is 5.91 Å². The Bertz CT molecular complexity index is 144. The molecule has 0 aromatic rings. The molecule has 0 aliphatic rings. The molecule has 56 valence electrons. The maximum absolute atomic E-state index is 10.1. The molecule has 0 saturated heterocycles. The number of hydrogen-bond acceptors (Lipinski definition) is 2. The normalized spacial score (nSPS) is 6.20. The van der Waals surface area contributed by atoms with Gasteiger partial charge in [-0.05, 0) is 0 Å². The zero-order valence-corrected chi connectivity index (χ0v) is 6.59. The maximum Gasteiger partial charge on any atom is 0.218 e. The minimum absolute atomic E-state index is 0.0926. The van der Waals surface area contributed by atoms with E-state index >= 15 is 0 Å². The number of hydrogen-bond donors (Lipinski definition) is 0. The van der Waals surface area contributed by atoms with Crippen molar-refractivity contribution < 1.29 is 4.79 Å². The van der Waals surface area contributed by atoms with Gasteiger partial charge in [0.05, 0.1) is 6.07 Å². The first kappa shape index (κ1) is 11.5. The average molecular weight is 140 g/mol. The number of nitrogens with zero attached hydrogens (tertiary/aromatic N) is 2. The van der Waals surface area contributed by atoms with E-state index in [4.69, 9.17) is 5.26 Å². The van der Waals surface area contributed by atoms with Crippen LogP contribution in [0.15, 0.2) is 12.7 Å². The molecule has 3 nitrogen and oxygen atoms in total. The average Bonchev–Trinajstić information content (AvgIpc) is 1.89. The second-order valence-corrected chi connectivity index (χ2v) is 1.75. The number of nitriles is 1. The van der Waals surface area contributed by atoms with Gasteiger partial charge in [-0.15, -0.1) is 0 Å². The molecule has 3 heteroatoms. The van der Waals surface area contributed by atoms with Crippen molar-refractivity contribution in [3.8, 4) is 6.07 Å². The topological polar surface area (TPSA) is 44.1 Å². The molecule has 0 saturated carbocycles. The summed E-state index contributed by atoms with van der Waals surface area (Å²) in [4.78, 5) is 11.6. The molecule has 0 N–H and O–H groups in total. The monoisotopic (exact) mass is 140 g/mol. The van der Waals surface area contributed by atoms with Gasteiger partial charge in [0.1, 0.15) is 0 Å². The molecule has 1 amide bonds. The van der Waals surface area contributed by atoms with Crippen LogP contribution in [0, 0.1) is 11.3 Å². The van der Waals surface area contributed by atoms with Crippen molar-refractivity contribution in [2.45, 2.75) is 6.92 Å².